The van der Waals surface area contributed by atoms with E-state index in [1.54, 1.807) is 18.1 Å². The minimum atomic E-state index is -0.255. The molecule has 1 heterocycles. The maximum atomic E-state index is 12.8. The van der Waals surface area contributed by atoms with E-state index >= 15 is 0 Å². The number of rotatable bonds is 6. The predicted molar refractivity (Wildman–Crippen MR) is 98.2 cm³/mol. The summed E-state index contributed by atoms with van der Waals surface area (Å²) >= 11 is 0. The van der Waals surface area contributed by atoms with Crippen molar-refractivity contribution in [1.82, 2.24) is 4.90 Å². The zero-order chi connectivity index (χ0) is 17.8. The molecular formula is C20H22N2O3. The molecular weight excluding hydrogens is 316 g/mol. The average Bonchev–Trinajstić information content (AvgIpc) is 2.66. The molecule has 130 valence electrons. The molecule has 1 unspecified atom stereocenters. The average molecular weight is 338 g/mol. The van der Waals surface area contributed by atoms with Crippen molar-refractivity contribution in [2.24, 2.45) is 0 Å². The van der Waals surface area contributed by atoms with Crippen LogP contribution in [0.2, 0.25) is 0 Å². The first kappa shape index (κ1) is 16.9. The van der Waals surface area contributed by atoms with Gasteiger partial charge in [-0.15, -0.1) is 0 Å². The summed E-state index contributed by atoms with van der Waals surface area (Å²) in [5.74, 6) is 1.30. The van der Waals surface area contributed by atoms with Crippen LogP contribution in [0.15, 0.2) is 55.1 Å². The number of methoxy groups -OCH3 is 1. The third-order valence-corrected chi connectivity index (χ3v) is 4.22. The Hall–Kier alpha value is -2.95. The van der Waals surface area contributed by atoms with Crippen molar-refractivity contribution in [2.45, 2.75) is 13.1 Å². The number of carbonyl (C=O) groups is 1. The van der Waals surface area contributed by atoms with Gasteiger partial charge in [-0.05, 0) is 36.8 Å². The van der Waals surface area contributed by atoms with Crippen LogP contribution in [0.1, 0.15) is 29.0 Å². The van der Waals surface area contributed by atoms with Crippen molar-refractivity contribution in [1.29, 1.82) is 0 Å². The minimum absolute atomic E-state index is 0.0211. The first-order valence-corrected chi connectivity index (χ1v) is 8.27. The summed E-state index contributed by atoms with van der Waals surface area (Å²) in [5.41, 5.74) is 2.47. The number of anilines is 1. The van der Waals surface area contributed by atoms with Crippen LogP contribution >= 0.6 is 0 Å². The molecule has 25 heavy (non-hydrogen) atoms. The highest BCUT2D eigenvalue weighted by Crippen LogP contribution is 2.36. The van der Waals surface area contributed by atoms with Crippen LogP contribution in [-0.4, -0.2) is 31.1 Å². The Morgan fingerprint density at radius 1 is 1.24 bits per heavy atom. The Labute approximate surface area is 147 Å². The first-order chi connectivity index (χ1) is 12.2. The lowest BCUT2D eigenvalue weighted by atomic mass is 10.0. The Balaban J connectivity index is 1.97. The van der Waals surface area contributed by atoms with Gasteiger partial charge >= 0.3 is 0 Å². The number of fused-ring (bicyclic) bond motifs is 1. The van der Waals surface area contributed by atoms with Gasteiger partial charge in [-0.2, -0.15) is 0 Å². The quantitative estimate of drug-likeness (QED) is 0.813. The number of nitrogens with one attached hydrogen (secondary N) is 1. The van der Waals surface area contributed by atoms with E-state index in [-0.39, 0.29) is 12.1 Å². The predicted octanol–water partition coefficient (Wildman–Crippen LogP) is 3.85. The lowest BCUT2D eigenvalue weighted by molar-refractivity contribution is 0.0694. The second-order valence-electron chi connectivity index (χ2n) is 5.69. The summed E-state index contributed by atoms with van der Waals surface area (Å²) < 4.78 is 11.1. The number of benzene rings is 2. The van der Waals surface area contributed by atoms with E-state index in [0.29, 0.717) is 30.2 Å². The number of hydrogen-bond donors (Lipinski definition) is 1. The van der Waals surface area contributed by atoms with Gasteiger partial charge in [0.15, 0.2) is 11.5 Å². The third-order valence-electron chi connectivity index (χ3n) is 4.22. The molecule has 0 aliphatic carbocycles. The maximum absolute atomic E-state index is 12.8. The molecule has 2 aromatic rings. The molecule has 5 nitrogen and oxygen atoms in total. The minimum Gasteiger partial charge on any atom is -0.493 e. The van der Waals surface area contributed by atoms with Crippen molar-refractivity contribution in [2.75, 3.05) is 25.6 Å². The van der Waals surface area contributed by atoms with E-state index in [0.717, 1.165) is 11.3 Å². The van der Waals surface area contributed by atoms with Crippen molar-refractivity contribution in [3.63, 3.8) is 0 Å². The smallest absolute Gasteiger partial charge is 0.257 e. The largest absolute Gasteiger partial charge is 0.493 e. The Morgan fingerprint density at radius 2 is 2.04 bits per heavy atom. The maximum Gasteiger partial charge on any atom is 0.257 e. The van der Waals surface area contributed by atoms with E-state index in [2.05, 4.69) is 11.9 Å². The molecule has 1 N–H and O–H groups in total. The summed E-state index contributed by atoms with van der Waals surface area (Å²) in [6.07, 6.45) is 1.43. The fraction of sp³-hybridized carbons (Fsp3) is 0.250. The Kier molecular flexibility index (Phi) is 4.93. The number of ether oxygens (including phenoxy) is 2. The van der Waals surface area contributed by atoms with Crippen molar-refractivity contribution >= 4 is 11.6 Å². The fourth-order valence-corrected chi connectivity index (χ4v) is 3.00. The molecule has 1 atom stereocenters. The molecule has 0 saturated carbocycles. The molecule has 0 spiro atoms. The Bertz CT molecular complexity index is 788. The lowest BCUT2D eigenvalue weighted by Crippen LogP contribution is -2.42. The molecule has 2 aromatic carbocycles. The molecule has 0 saturated heterocycles. The lowest BCUT2D eigenvalue weighted by Gasteiger charge is -2.37. The van der Waals surface area contributed by atoms with E-state index in [1.165, 1.54) is 0 Å². The van der Waals surface area contributed by atoms with Crippen LogP contribution in [0.25, 0.3) is 0 Å². The first-order valence-electron chi connectivity index (χ1n) is 8.27. The van der Waals surface area contributed by atoms with Gasteiger partial charge in [-0.25, -0.2) is 0 Å². The topological polar surface area (TPSA) is 50.8 Å². The summed E-state index contributed by atoms with van der Waals surface area (Å²) in [6, 6.07) is 13.3. The number of para-hydroxylation sites is 1. The fourth-order valence-electron chi connectivity index (χ4n) is 3.00. The highest BCUT2D eigenvalue weighted by molar-refractivity contribution is 6.01. The van der Waals surface area contributed by atoms with Gasteiger partial charge in [0.05, 0.1) is 12.7 Å². The summed E-state index contributed by atoms with van der Waals surface area (Å²) in [5, 5.41) is 3.45. The highest BCUT2D eigenvalue weighted by atomic mass is 16.5. The van der Waals surface area contributed by atoms with Gasteiger partial charge in [0.1, 0.15) is 12.8 Å². The number of carbonyl (C=O) groups excluding carboxylic acids is 1. The van der Waals surface area contributed by atoms with Crippen molar-refractivity contribution in [3.05, 3.63) is 66.2 Å². The number of nitrogens with zero attached hydrogens (tertiary/aromatic N) is 1. The van der Waals surface area contributed by atoms with Crippen LogP contribution < -0.4 is 14.8 Å². The number of amides is 1. The van der Waals surface area contributed by atoms with E-state index in [9.17, 15) is 4.79 Å². The summed E-state index contributed by atoms with van der Waals surface area (Å²) in [7, 11) is 1.60. The van der Waals surface area contributed by atoms with Gasteiger partial charge in [0.25, 0.3) is 5.91 Å². The number of hydrogen-bond acceptors (Lipinski definition) is 4. The molecule has 1 amide bonds. The van der Waals surface area contributed by atoms with Crippen LogP contribution in [0.4, 0.5) is 5.69 Å². The van der Waals surface area contributed by atoms with E-state index in [1.807, 2.05) is 49.4 Å². The van der Waals surface area contributed by atoms with Gasteiger partial charge in [0.2, 0.25) is 0 Å². The van der Waals surface area contributed by atoms with Crippen LogP contribution in [0.3, 0.4) is 0 Å². The van der Waals surface area contributed by atoms with Gasteiger partial charge in [-0.1, -0.05) is 30.9 Å². The second kappa shape index (κ2) is 7.30. The third kappa shape index (κ3) is 3.18. The standard InChI is InChI=1S/C20H22N2O3/c1-4-12-25-17-11-10-14(13-18(17)24-3)19-21-16-9-7-6-8-15(16)20(23)22(19)5-2/h4,6-11,13,19,21H,1,5,12H2,2-3H3. The zero-order valence-corrected chi connectivity index (χ0v) is 14.5. The van der Waals surface area contributed by atoms with Gasteiger partial charge in [0, 0.05) is 12.2 Å². The highest BCUT2D eigenvalue weighted by Gasteiger charge is 2.32. The molecule has 1 aliphatic rings. The van der Waals surface area contributed by atoms with E-state index in [4.69, 9.17) is 9.47 Å². The van der Waals surface area contributed by atoms with Crippen LogP contribution in [0, 0.1) is 0 Å². The zero-order valence-electron chi connectivity index (χ0n) is 14.5. The van der Waals surface area contributed by atoms with Gasteiger partial charge in [-0.3, -0.25) is 4.79 Å². The molecule has 0 aromatic heterocycles. The van der Waals surface area contributed by atoms with Gasteiger partial charge < -0.3 is 19.7 Å². The molecule has 5 heteroatoms. The molecule has 0 radical (unpaired) electrons. The normalized spacial score (nSPS) is 16.0. The monoisotopic (exact) mass is 338 g/mol. The summed E-state index contributed by atoms with van der Waals surface area (Å²) in [6.45, 7) is 6.63. The second-order valence-corrected chi connectivity index (χ2v) is 5.69. The summed E-state index contributed by atoms with van der Waals surface area (Å²) in [4.78, 5) is 14.6. The van der Waals surface area contributed by atoms with Crippen molar-refractivity contribution in [3.8, 4) is 11.5 Å². The molecule has 0 bridgehead atoms. The Morgan fingerprint density at radius 3 is 2.76 bits per heavy atom. The molecule has 0 fully saturated rings. The molecule has 1 aliphatic heterocycles. The van der Waals surface area contributed by atoms with Crippen LogP contribution in [0.5, 0.6) is 11.5 Å². The van der Waals surface area contributed by atoms with E-state index < -0.39 is 0 Å². The molecule has 3 rings (SSSR count). The van der Waals surface area contributed by atoms with Crippen LogP contribution in [-0.2, 0) is 0 Å². The SMILES string of the molecule is C=CCOc1ccc(C2Nc3ccccc3C(=O)N2CC)cc1OC. The van der Waals surface area contributed by atoms with Crippen molar-refractivity contribution < 1.29 is 14.3 Å².